The minimum Gasteiger partial charge on any atom is -0.492 e. The first-order valence-corrected chi connectivity index (χ1v) is 10.9. The van der Waals surface area contributed by atoms with E-state index in [4.69, 9.17) is 4.74 Å². The van der Waals surface area contributed by atoms with Gasteiger partial charge in [0, 0.05) is 22.8 Å². The molecule has 1 amide bonds. The van der Waals surface area contributed by atoms with Gasteiger partial charge in [-0.25, -0.2) is 4.98 Å². The fourth-order valence-electron chi connectivity index (χ4n) is 3.07. The predicted molar refractivity (Wildman–Crippen MR) is 126 cm³/mol. The Balaban J connectivity index is 1.41. The third kappa shape index (κ3) is 5.31. The Hall–Kier alpha value is -4.15. The van der Waals surface area contributed by atoms with Gasteiger partial charge in [0.05, 0.1) is 12.2 Å². The standard InChI is InChI=1S/C25H20N4O2S/c26-17-20(24(30)28-25-27-23(18-32-25)19-8-3-1-4-9-19)16-21-10-7-13-29(21)14-15-31-22-11-5-2-6-12-22/h1-13,16,18H,14-15H2,(H,27,28,30)/b20-16-. The van der Waals surface area contributed by atoms with Crippen molar-refractivity contribution in [2.75, 3.05) is 11.9 Å². The average molecular weight is 441 g/mol. The van der Waals surface area contributed by atoms with Gasteiger partial charge in [-0.3, -0.25) is 10.1 Å². The van der Waals surface area contributed by atoms with Gasteiger partial charge in [-0.05, 0) is 30.3 Å². The Bertz CT molecular complexity index is 1250. The Morgan fingerprint density at radius 3 is 2.59 bits per heavy atom. The van der Waals surface area contributed by atoms with Gasteiger partial charge in [0.2, 0.25) is 0 Å². The van der Waals surface area contributed by atoms with Crippen LogP contribution in [0.4, 0.5) is 5.13 Å². The molecular weight excluding hydrogens is 420 g/mol. The first-order valence-electron chi connectivity index (χ1n) is 10.00. The molecule has 2 aromatic heterocycles. The number of ether oxygens (including phenoxy) is 1. The molecule has 32 heavy (non-hydrogen) atoms. The molecule has 0 spiro atoms. The van der Waals surface area contributed by atoms with Crippen molar-refractivity contribution in [2.24, 2.45) is 0 Å². The second-order valence-electron chi connectivity index (χ2n) is 6.82. The molecular formula is C25H20N4O2S. The fourth-order valence-corrected chi connectivity index (χ4v) is 3.79. The van der Waals surface area contributed by atoms with Crippen molar-refractivity contribution in [3.63, 3.8) is 0 Å². The van der Waals surface area contributed by atoms with Gasteiger partial charge in [0.15, 0.2) is 5.13 Å². The summed E-state index contributed by atoms with van der Waals surface area (Å²) in [6.45, 7) is 1.05. The number of benzene rings is 2. The highest BCUT2D eigenvalue weighted by molar-refractivity contribution is 7.14. The van der Waals surface area contributed by atoms with Crippen molar-refractivity contribution < 1.29 is 9.53 Å². The second kappa shape index (κ2) is 10.2. The highest BCUT2D eigenvalue weighted by Gasteiger charge is 2.13. The zero-order chi connectivity index (χ0) is 22.2. The largest absolute Gasteiger partial charge is 0.492 e. The molecule has 0 fully saturated rings. The molecule has 0 bridgehead atoms. The molecule has 2 heterocycles. The summed E-state index contributed by atoms with van der Waals surface area (Å²) in [6, 6.07) is 25.0. The van der Waals surface area contributed by atoms with Gasteiger partial charge < -0.3 is 9.30 Å². The first-order chi connectivity index (χ1) is 15.7. The monoisotopic (exact) mass is 440 g/mol. The van der Waals surface area contributed by atoms with Crippen LogP contribution in [0.25, 0.3) is 17.3 Å². The van der Waals surface area contributed by atoms with Crippen LogP contribution < -0.4 is 10.1 Å². The smallest absolute Gasteiger partial charge is 0.268 e. The van der Waals surface area contributed by atoms with Crippen molar-refractivity contribution in [3.8, 4) is 23.1 Å². The number of carbonyl (C=O) groups is 1. The predicted octanol–water partition coefficient (Wildman–Crippen LogP) is 5.24. The van der Waals surface area contributed by atoms with Gasteiger partial charge in [-0.15, -0.1) is 11.3 Å². The molecule has 0 radical (unpaired) electrons. The molecule has 6 nitrogen and oxygen atoms in total. The van der Waals surface area contributed by atoms with Gasteiger partial charge in [0.25, 0.3) is 5.91 Å². The summed E-state index contributed by atoms with van der Waals surface area (Å²) in [5.74, 6) is 0.307. The number of nitriles is 1. The summed E-state index contributed by atoms with van der Waals surface area (Å²) in [5, 5.41) is 14.6. The average Bonchev–Trinajstić information content (AvgIpc) is 3.48. The van der Waals surface area contributed by atoms with Crippen LogP contribution in [0.2, 0.25) is 0 Å². The molecule has 7 heteroatoms. The molecule has 0 aliphatic heterocycles. The molecule has 0 unspecified atom stereocenters. The molecule has 158 valence electrons. The molecule has 4 aromatic rings. The summed E-state index contributed by atoms with van der Waals surface area (Å²) in [5.41, 5.74) is 2.50. The van der Waals surface area contributed by atoms with Crippen LogP contribution in [-0.2, 0) is 11.3 Å². The Kier molecular flexibility index (Phi) is 6.75. The van der Waals surface area contributed by atoms with Crippen LogP contribution in [-0.4, -0.2) is 22.1 Å². The molecule has 0 saturated heterocycles. The van der Waals surface area contributed by atoms with Gasteiger partial charge in [0.1, 0.15) is 24.0 Å². The molecule has 0 atom stereocenters. The third-order valence-corrected chi connectivity index (χ3v) is 5.42. The number of nitrogens with zero attached hydrogens (tertiary/aromatic N) is 3. The summed E-state index contributed by atoms with van der Waals surface area (Å²) in [7, 11) is 0. The maximum atomic E-state index is 12.7. The molecule has 0 aliphatic rings. The zero-order valence-electron chi connectivity index (χ0n) is 17.1. The summed E-state index contributed by atoms with van der Waals surface area (Å²) < 4.78 is 7.67. The van der Waals surface area contributed by atoms with Crippen molar-refractivity contribution in [3.05, 3.63) is 95.6 Å². The van der Waals surface area contributed by atoms with Gasteiger partial charge in [-0.1, -0.05) is 48.5 Å². The van der Waals surface area contributed by atoms with E-state index in [1.54, 1.807) is 6.08 Å². The Labute approximate surface area is 190 Å². The number of hydrogen-bond donors (Lipinski definition) is 1. The lowest BCUT2D eigenvalue weighted by molar-refractivity contribution is -0.112. The SMILES string of the molecule is N#C/C(=C/c1cccn1CCOc1ccccc1)C(=O)Nc1nc(-c2ccccc2)cs1. The van der Waals surface area contributed by atoms with Crippen molar-refractivity contribution in [1.82, 2.24) is 9.55 Å². The van der Waals surface area contributed by atoms with E-state index in [9.17, 15) is 10.1 Å². The zero-order valence-corrected chi connectivity index (χ0v) is 18.0. The summed E-state index contributed by atoms with van der Waals surface area (Å²) in [6.07, 6.45) is 3.46. The van der Waals surface area contributed by atoms with E-state index in [0.717, 1.165) is 22.7 Å². The lowest BCUT2D eigenvalue weighted by atomic mass is 10.2. The lowest BCUT2D eigenvalue weighted by Gasteiger charge is -2.09. The Morgan fingerprint density at radius 1 is 1.09 bits per heavy atom. The topological polar surface area (TPSA) is 79.9 Å². The third-order valence-electron chi connectivity index (χ3n) is 4.66. The van der Waals surface area contributed by atoms with Gasteiger partial charge >= 0.3 is 0 Å². The first kappa shape index (κ1) is 21.1. The van der Waals surface area contributed by atoms with Crippen molar-refractivity contribution in [1.29, 1.82) is 5.26 Å². The van der Waals surface area contributed by atoms with E-state index in [2.05, 4.69) is 10.3 Å². The number of para-hydroxylation sites is 1. The highest BCUT2D eigenvalue weighted by atomic mass is 32.1. The number of hydrogen-bond acceptors (Lipinski definition) is 5. The number of carbonyl (C=O) groups excluding carboxylic acids is 1. The minimum atomic E-state index is -0.491. The second-order valence-corrected chi connectivity index (χ2v) is 7.67. The van der Waals surface area contributed by atoms with E-state index in [-0.39, 0.29) is 5.57 Å². The van der Waals surface area contributed by atoms with Crippen molar-refractivity contribution >= 4 is 28.5 Å². The maximum Gasteiger partial charge on any atom is 0.268 e. The van der Waals surface area contributed by atoms with Crippen LogP contribution in [0, 0.1) is 11.3 Å². The molecule has 2 aromatic carbocycles. The van der Waals surface area contributed by atoms with Crippen LogP contribution in [0.5, 0.6) is 5.75 Å². The van der Waals surface area contributed by atoms with Crippen LogP contribution in [0.3, 0.4) is 0 Å². The van der Waals surface area contributed by atoms with Crippen LogP contribution in [0.15, 0.2) is 89.9 Å². The van der Waals surface area contributed by atoms with E-state index in [1.165, 1.54) is 11.3 Å². The normalized spacial score (nSPS) is 11.0. The lowest BCUT2D eigenvalue weighted by Crippen LogP contribution is -2.14. The molecule has 0 aliphatic carbocycles. The maximum absolute atomic E-state index is 12.7. The van der Waals surface area contributed by atoms with E-state index >= 15 is 0 Å². The highest BCUT2D eigenvalue weighted by Crippen LogP contribution is 2.25. The Morgan fingerprint density at radius 2 is 1.84 bits per heavy atom. The quantitative estimate of drug-likeness (QED) is 0.300. The van der Waals surface area contributed by atoms with Crippen LogP contribution in [0.1, 0.15) is 5.69 Å². The molecule has 0 saturated carbocycles. The number of amides is 1. The number of thiazole rings is 1. The van der Waals surface area contributed by atoms with Gasteiger partial charge in [-0.2, -0.15) is 5.26 Å². The molecule has 1 N–H and O–H groups in total. The van der Waals surface area contributed by atoms with E-state index in [0.29, 0.717) is 18.3 Å². The number of anilines is 1. The summed E-state index contributed by atoms with van der Waals surface area (Å²) >= 11 is 1.32. The molecule has 4 rings (SSSR count). The number of rotatable bonds is 8. The van der Waals surface area contributed by atoms with Crippen molar-refractivity contribution in [2.45, 2.75) is 6.54 Å². The van der Waals surface area contributed by atoms with E-state index in [1.807, 2.05) is 95.0 Å². The fraction of sp³-hybridized carbons (Fsp3) is 0.0800. The van der Waals surface area contributed by atoms with E-state index < -0.39 is 5.91 Å². The van der Waals surface area contributed by atoms with Crippen LogP contribution >= 0.6 is 11.3 Å². The summed E-state index contributed by atoms with van der Waals surface area (Å²) in [4.78, 5) is 17.1. The minimum absolute atomic E-state index is 0.00499. The number of nitrogens with one attached hydrogen (secondary N) is 1. The number of aromatic nitrogens is 2.